The lowest BCUT2D eigenvalue weighted by Gasteiger charge is -2.33. The van der Waals surface area contributed by atoms with E-state index in [1.807, 2.05) is 0 Å². The summed E-state index contributed by atoms with van der Waals surface area (Å²) in [6.45, 7) is 6.67. The minimum atomic E-state index is -1.19. The molecule has 2 aromatic carbocycles. The topological polar surface area (TPSA) is 0 Å². The van der Waals surface area contributed by atoms with Crippen LogP contribution in [0.15, 0.2) is 29.8 Å². The van der Waals surface area contributed by atoms with Gasteiger partial charge in [0.25, 0.3) is 0 Å². The van der Waals surface area contributed by atoms with Gasteiger partial charge in [0.15, 0.2) is 0 Å². The molecule has 0 aliphatic heterocycles. The van der Waals surface area contributed by atoms with Gasteiger partial charge in [0.05, 0.1) is 0 Å². The highest BCUT2D eigenvalue weighted by Crippen LogP contribution is 2.65. The first-order valence-corrected chi connectivity index (χ1v) is 12.5. The van der Waals surface area contributed by atoms with Crippen LogP contribution in [0.4, 0.5) is 0 Å². The number of aryl methyl sites for hydroxylation is 3. The highest BCUT2D eigenvalue weighted by Gasteiger charge is 2.35. The van der Waals surface area contributed by atoms with Crippen molar-refractivity contribution in [3.05, 3.63) is 63.2 Å². The van der Waals surface area contributed by atoms with Crippen LogP contribution < -0.4 is 0 Å². The summed E-state index contributed by atoms with van der Waals surface area (Å²) in [6, 6.07) is 9.47. The van der Waals surface area contributed by atoms with E-state index in [0.29, 0.717) is 5.25 Å². The Morgan fingerprint density at radius 1 is 0.960 bits per heavy atom. The largest absolute Gasteiger partial charge is 0.158 e. The van der Waals surface area contributed by atoms with Crippen molar-refractivity contribution >= 4 is 26.0 Å². The number of benzene rings is 2. The molecule has 2 aromatic rings. The molecule has 0 amide bonds. The zero-order valence-corrected chi connectivity index (χ0v) is 17.4. The van der Waals surface area contributed by atoms with Crippen molar-refractivity contribution in [2.75, 3.05) is 12.5 Å². The maximum atomic E-state index is 6.90. The molecular formula is C23H27ClS. The molecule has 0 radical (unpaired) electrons. The van der Waals surface area contributed by atoms with E-state index in [-0.39, 0.29) is 0 Å². The quantitative estimate of drug-likeness (QED) is 0.527. The average molecular weight is 371 g/mol. The summed E-state index contributed by atoms with van der Waals surface area (Å²) in [4.78, 5) is 0. The van der Waals surface area contributed by atoms with Crippen LogP contribution >= 0.6 is 19.9 Å². The Morgan fingerprint density at radius 3 is 2.28 bits per heavy atom. The van der Waals surface area contributed by atoms with E-state index < -0.39 is 9.24 Å². The second-order valence-electron chi connectivity index (χ2n) is 8.17. The van der Waals surface area contributed by atoms with E-state index >= 15 is 0 Å². The fourth-order valence-electron chi connectivity index (χ4n) is 4.90. The number of fused-ring (bicyclic) bond motifs is 2. The van der Waals surface area contributed by atoms with Crippen LogP contribution in [0.25, 0.3) is 17.2 Å². The smallest absolute Gasteiger partial charge is 0.0474 e. The second-order valence-corrected chi connectivity index (χ2v) is 13.6. The Morgan fingerprint density at radius 2 is 1.64 bits per heavy atom. The minimum absolute atomic E-state index is 0.389. The lowest BCUT2D eigenvalue weighted by atomic mass is 9.88. The Kier molecular flexibility index (Phi) is 4.09. The summed E-state index contributed by atoms with van der Waals surface area (Å²) in [6.07, 6.45) is 10.6. The Hall–Kier alpha value is -1.18. The first-order chi connectivity index (χ1) is 11.8. The van der Waals surface area contributed by atoms with Crippen molar-refractivity contribution in [3.8, 4) is 11.1 Å². The number of hydrogen-bond acceptors (Lipinski definition) is 0. The van der Waals surface area contributed by atoms with Gasteiger partial charge < -0.3 is 0 Å². The zero-order valence-electron chi connectivity index (χ0n) is 15.9. The third kappa shape index (κ3) is 2.86. The summed E-state index contributed by atoms with van der Waals surface area (Å²) in [5.74, 6) is 0. The van der Waals surface area contributed by atoms with Gasteiger partial charge in [-0.05, 0) is 85.9 Å². The van der Waals surface area contributed by atoms with Gasteiger partial charge in [-0.2, -0.15) is 9.24 Å². The molecule has 0 saturated carbocycles. The molecule has 2 aliphatic rings. The van der Waals surface area contributed by atoms with Gasteiger partial charge in [-0.3, -0.25) is 0 Å². The molecule has 0 fully saturated rings. The molecule has 0 N–H and O–H groups in total. The Labute approximate surface area is 158 Å². The summed E-state index contributed by atoms with van der Waals surface area (Å²) >= 11 is 0. The lowest BCUT2D eigenvalue weighted by Crippen LogP contribution is -2.05. The molecule has 0 saturated heterocycles. The Bertz CT molecular complexity index is 879. The third-order valence-electron chi connectivity index (χ3n) is 5.61. The fraction of sp³-hybridized carbons (Fsp3) is 0.391. The lowest BCUT2D eigenvalue weighted by molar-refractivity contribution is 0.911. The fourth-order valence-corrected chi connectivity index (χ4v) is 7.36. The van der Waals surface area contributed by atoms with E-state index in [1.54, 1.807) is 11.1 Å². The molecule has 0 bridgehead atoms. The molecule has 1 unspecified atom stereocenters. The first kappa shape index (κ1) is 17.2. The second kappa shape index (κ2) is 5.93. The molecule has 4 rings (SSSR count). The van der Waals surface area contributed by atoms with Crippen LogP contribution in [0.2, 0.25) is 0 Å². The predicted molar refractivity (Wildman–Crippen MR) is 115 cm³/mol. The molecule has 0 aromatic heterocycles. The van der Waals surface area contributed by atoms with Gasteiger partial charge >= 0.3 is 0 Å². The minimum Gasteiger partial charge on any atom is -0.158 e. The average Bonchev–Trinajstić information content (AvgIpc) is 3.05. The molecule has 0 nitrogen and oxygen atoms in total. The maximum absolute atomic E-state index is 6.90. The van der Waals surface area contributed by atoms with Crippen molar-refractivity contribution in [1.29, 1.82) is 0 Å². The highest BCUT2D eigenvalue weighted by molar-refractivity contribution is 8.50. The van der Waals surface area contributed by atoms with E-state index in [4.69, 9.17) is 10.7 Å². The molecule has 132 valence electrons. The maximum Gasteiger partial charge on any atom is 0.0474 e. The number of halogens is 1. The summed E-state index contributed by atoms with van der Waals surface area (Å²) < 4.78 is 0. The van der Waals surface area contributed by atoms with E-state index in [1.165, 1.54) is 58.2 Å². The summed E-state index contributed by atoms with van der Waals surface area (Å²) in [7, 11) is 5.71. The van der Waals surface area contributed by atoms with Gasteiger partial charge in [-0.25, -0.2) is 0 Å². The van der Waals surface area contributed by atoms with Crippen LogP contribution in [0, 0.1) is 13.8 Å². The van der Waals surface area contributed by atoms with Crippen LogP contribution in [-0.2, 0) is 12.8 Å². The van der Waals surface area contributed by atoms with Crippen molar-refractivity contribution in [3.63, 3.8) is 0 Å². The van der Waals surface area contributed by atoms with E-state index in [2.05, 4.69) is 63.6 Å². The number of rotatable bonds is 2. The predicted octanol–water partition coefficient (Wildman–Crippen LogP) is 7.14. The third-order valence-corrected chi connectivity index (χ3v) is 7.89. The summed E-state index contributed by atoms with van der Waals surface area (Å²) in [5.41, 5.74) is 13.0. The SMILES string of the molecule is CC1=Cc2c(cc3c(c2-c2cc(C)cc(C)c2)CCC3)C1S(C)(C)Cl. The Balaban J connectivity index is 2.03. The van der Waals surface area contributed by atoms with Crippen molar-refractivity contribution in [2.24, 2.45) is 0 Å². The van der Waals surface area contributed by atoms with Gasteiger partial charge in [0.2, 0.25) is 0 Å². The van der Waals surface area contributed by atoms with Gasteiger partial charge in [-0.15, -0.1) is 0 Å². The molecule has 1 atom stereocenters. The van der Waals surface area contributed by atoms with Gasteiger partial charge in [0.1, 0.15) is 0 Å². The van der Waals surface area contributed by atoms with E-state index in [0.717, 1.165) is 0 Å². The van der Waals surface area contributed by atoms with Gasteiger partial charge in [-0.1, -0.05) is 57.7 Å². The summed E-state index contributed by atoms with van der Waals surface area (Å²) in [5, 5.41) is 0.389. The highest BCUT2D eigenvalue weighted by atomic mass is 35.7. The molecule has 2 aliphatic carbocycles. The molecule has 0 heterocycles. The van der Waals surface area contributed by atoms with Crippen LogP contribution in [0.5, 0.6) is 0 Å². The van der Waals surface area contributed by atoms with Crippen molar-refractivity contribution in [1.82, 2.24) is 0 Å². The van der Waals surface area contributed by atoms with E-state index in [9.17, 15) is 0 Å². The van der Waals surface area contributed by atoms with Crippen LogP contribution in [-0.4, -0.2) is 12.5 Å². The van der Waals surface area contributed by atoms with Gasteiger partial charge in [0, 0.05) is 5.25 Å². The van der Waals surface area contributed by atoms with Crippen molar-refractivity contribution in [2.45, 2.75) is 45.3 Å². The monoisotopic (exact) mass is 370 g/mol. The van der Waals surface area contributed by atoms with Crippen LogP contribution in [0.3, 0.4) is 0 Å². The number of hydrogen-bond donors (Lipinski definition) is 0. The molecule has 25 heavy (non-hydrogen) atoms. The molecule has 2 heteroatoms. The standard InChI is InChI=1S/C23H27ClS/c1-14-9-15(2)11-18(10-14)22-19-8-6-7-17(19)13-21-20(22)12-16(3)23(21)25(4,5)24/h9-13,23H,6-8H2,1-5H3. The first-order valence-electron chi connectivity index (χ1n) is 9.13. The molecular weight excluding hydrogens is 344 g/mol. The van der Waals surface area contributed by atoms with Crippen molar-refractivity contribution < 1.29 is 0 Å². The molecule has 0 spiro atoms. The van der Waals surface area contributed by atoms with Crippen LogP contribution in [0.1, 0.15) is 52.0 Å². The normalized spacial score (nSPS) is 19.6. The zero-order chi connectivity index (χ0) is 17.9.